The molecule has 0 aliphatic rings. The minimum atomic E-state index is 0.819. The van der Waals surface area contributed by atoms with Crippen molar-refractivity contribution in [3.05, 3.63) is 43.2 Å². The zero-order valence-corrected chi connectivity index (χ0v) is 12.6. The number of aryl methyl sites for hydroxylation is 1. The summed E-state index contributed by atoms with van der Waals surface area (Å²) < 4.78 is 2.24. The Hall–Kier alpha value is -0.390. The van der Waals surface area contributed by atoms with Crippen LogP contribution in [0.4, 0.5) is 5.69 Å². The van der Waals surface area contributed by atoms with Crippen molar-refractivity contribution >= 4 is 48.9 Å². The molecule has 2 rings (SSSR count). The first kappa shape index (κ1) is 12.1. The maximum absolute atomic E-state index is 4.24. The van der Waals surface area contributed by atoms with E-state index >= 15 is 0 Å². The SMILES string of the molecule is Cc1ccc(NCc2cc(Br)c(Br)s2)cn1. The maximum Gasteiger partial charge on any atom is 0.0843 e. The summed E-state index contributed by atoms with van der Waals surface area (Å²) in [6.45, 7) is 2.80. The molecule has 2 aromatic rings. The molecule has 1 N–H and O–H groups in total. The van der Waals surface area contributed by atoms with Crippen LogP contribution in [0.5, 0.6) is 0 Å². The lowest BCUT2D eigenvalue weighted by atomic mass is 10.3. The zero-order valence-electron chi connectivity index (χ0n) is 8.63. The Morgan fingerprint density at radius 1 is 1.38 bits per heavy atom. The highest BCUT2D eigenvalue weighted by Gasteiger charge is 2.03. The number of hydrogen-bond acceptors (Lipinski definition) is 3. The van der Waals surface area contributed by atoms with Crippen molar-refractivity contribution in [3.8, 4) is 0 Å². The molecule has 0 bridgehead atoms. The number of anilines is 1. The minimum Gasteiger partial charge on any atom is -0.379 e. The summed E-state index contributed by atoms with van der Waals surface area (Å²) in [4.78, 5) is 5.51. The van der Waals surface area contributed by atoms with Crippen LogP contribution in [0, 0.1) is 6.92 Å². The van der Waals surface area contributed by atoms with Gasteiger partial charge in [-0.1, -0.05) is 0 Å². The molecule has 0 spiro atoms. The highest BCUT2D eigenvalue weighted by Crippen LogP contribution is 2.32. The first-order valence-electron chi connectivity index (χ1n) is 4.75. The lowest BCUT2D eigenvalue weighted by molar-refractivity contribution is 1.15. The number of nitrogens with zero attached hydrogens (tertiary/aromatic N) is 1. The van der Waals surface area contributed by atoms with Gasteiger partial charge in [0.2, 0.25) is 0 Å². The van der Waals surface area contributed by atoms with Gasteiger partial charge in [0.05, 0.1) is 15.7 Å². The normalized spacial score (nSPS) is 10.4. The smallest absolute Gasteiger partial charge is 0.0843 e. The lowest BCUT2D eigenvalue weighted by Gasteiger charge is -2.03. The molecule has 0 amide bonds. The van der Waals surface area contributed by atoms with Crippen LogP contribution in [0.3, 0.4) is 0 Å². The van der Waals surface area contributed by atoms with E-state index in [9.17, 15) is 0 Å². The van der Waals surface area contributed by atoms with Gasteiger partial charge in [0.1, 0.15) is 0 Å². The maximum atomic E-state index is 4.24. The van der Waals surface area contributed by atoms with E-state index in [4.69, 9.17) is 0 Å². The molecule has 0 saturated carbocycles. The van der Waals surface area contributed by atoms with Crippen LogP contribution < -0.4 is 5.32 Å². The molecule has 0 unspecified atom stereocenters. The van der Waals surface area contributed by atoms with Crippen LogP contribution in [-0.2, 0) is 6.54 Å². The molecular formula is C11H10Br2N2S. The fourth-order valence-corrected chi connectivity index (χ4v) is 3.36. The molecule has 0 aliphatic heterocycles. The summed E-state index contributed by atoms with van der Waals surface area (Å²) in [7, 11) is 0. The van der Waals surface area contributed by atoms with Gasteiger partial charge >= 0.3 is 0 Å². The van der Waals surface area contributed by atoms with Crippen molar-refractivity contribution in [2.75, 3.05) is 5.32 Å². The van der Waals surface area contributed by atoms with Crippen LogP contribution >= 0.6 is 43.2 Å². The van der Waals surface area contributed by atoms with Crippen molar-refractivity contribution in [1.29, 1.82) is 0 Å². The Morgan fingerprint density at radius 2 is 2.19 bits per heavy atom. The first-order valence-corrected chi connectivity index (χ1v) is 7.15. The average Bonchev–Trinajstić information content (AvgIpc) is 2.58. The van der Waals surface area contributed by atoms with Crippen LogP contribution in [0.25, 0.3) is 0 Å². The molecule has 16 heavy (non-hydrogen) atoms. The summed E-state index contributed by atoms with van der Waals surface area (Å²) >= 11 is 8.68. The average molecular weight is 362 g/mol. The molecule has 0 aromatic carbocycles. The molecule has 0 atom stereocenters. The standard InChI is InChI=1S/C11H10Br2N2S/c1-7-2-3-8(5-14-7)15-6-9-4-10(12)11(13)16-9/h2-5,15H,6H2,1H3. The third-order valence-electron chi connectivity index (χ3n) is 2.07. The Kier molecular flexibility index (Phi) is 4.00. The number of pyridine rings is 1. The summed E-state index contributed by atoms with van der Waals surface area (Å²) in [6.07, 6.45) is 1.85. The van der Waals surface area contributed by atoms with E-state index in [1.807, 2.05) is 25.3 Å². The second-order valence-corrected chi connectivity index (χ2v) is 6.69. The van der Waals surface area contributed by atoms with Crippen molar-refractivity contribution in [1.82, 2.24) is 4.98 Å². The van der Waals surface area contributed by atoms with E-state index in [1.54, 1.807) is 11.3 Å². The fraction of sp³-hybridized carbons (Fsp3) is 0.182. The molecular weight excluding hydrogens is 352 g/mol. The third kappa shape index (κ3) is 3.06. The number of halogens is 2. The van der Waals surface area contributed by atoms with Gasteiger partial charge in [-0.3, -0.25) is 4.98 Å². The zero-order chi connectivity index (χ0) is 11.5. The number of thiophene rings is 1. The lowest BCUT2D eigenvalue weighted by Crippen LogP contribution is -1.97. The highest BCUT2D eigenvalue weighted by atomic mass is 79.9. The molecule has 5 heteroatoms. The second-order valence-electron chi connectivity index (χ2n) is 3.38. The molecule has 2 aromatic heterocycles. The number of rotatable bonds is 3. The van der Waals surface area contributed by atoms with Gasteiger partial charge in [0.15, 0.2) is 0 Å². The van der Waals surface area contributed by atoms with Gasteiger partial charge in [-0.15, -0.1) is 11.3 Å². The van der Waals surface area contributed by atoms with E-state index in [1.165, 1.54) is 4.88 Å². The van der Waals surface area contributed by atoms with Gasteiger partial charge in [-0.05, 0) is 57.0 Å². The largest absolute Gasteiger partial charge is 0.379 e. The quantitative estimate of drug-likeness (QED) is 0.864. The molecule has 0 aliphatic carbocycles. The van der Waals surface area contributed by atoms with E-state index in [0.29, 0.717) is 0 Å². The Labute approximate surface area is 115 Å². The van der Waals surface area contributed by atoms with Gasteiger partial charge in [0, 0.05) is 21.6 Å². The molecule has 84 valence electrons. The van der Waals surface area contributed by atoms with Crippen LogP contribution in [0.15, 0.2) is 32.7 Å². The summed E-state index contributed by atoms with van der Waals surface area (Å²) in [5.41, 5.74) is 2.08. The van der Waals surface area contributed by atoms with Crippen molar-refractivity contribution in [2.45, 2.75) is 13.5 Å². The van der Waals surface area contributed by atoms with Crippen molar-refractivity contribution < 1.29 is 0 Å². The number of nitrogens with one attached hydrogen (secondary N) is 1. The van der Waals surface area contributed by atoms with E-state index in [2.05, 4.69) is 48.2 Å². The number of hydrogen-bond donors (Lipinski definition) is 1. The molecule has 0 radical (unpaired) electrons. The summed E-state index contributed by atoms with van der Waals surface area (Å²) in [6, 6.07) is 6.16. The van der Waals surface area contributed by atoms with E-state index in [0.717, 1.165) is 26.2 Å². The molecule has 0 fully saturated rings. The van der Waals surface area contributed by atoms with Crippen molar-refractivity contribution in [3.63, 3.8) is 0 Å². The summed E-state index contributed by atoms with van der Waals surface area (Å²) in [5, 5.41) is 3.33. The third-order valence-corrected chi connectivity index (χ3v) is 5.33. The predicted octanol–water partition coefficient (Wildman–Crippen LogP) is 4.59. The Morgan fingerprint density at radius 3 is 2.75 bits per heavy atom. The van der Waals surface area contributed by atoms with E-state index in [-0.39, 0.29) is 0 Å². The number of aromatic nitrogens is 1. The topological polar surface area (TPSA) is 24.9 Å². The molecule has 2 heterocycles. The van der Waals surface area contributed by atoms with Crippen LogP contribution in [-0.4, -0.2) is 4.98 Å². The second kappa shape index (κ2) is 5.29. The molecule has 2 nitrogen and oxygen atoms in total. The Balaban J connectivity index is 1.99. The van der Waals surface area contributed by atoms with Crippen molar-refractivity contribution in [2.24, 2.45) is 0 Å². The first-order chi connectivity index (χ1) is 7.65. The Bertz CT molecular complexity index is 460. The fourth-order valence-electron chi connectivity index (χ4n) is 1.24. The van der Waals surface area contributed by atoms with E-state index < -0.39 is 0 Å². The highest BCUT2D eigenvalue weighted by molar-refractivity contribution is 9.13. The van der Waals surface area contributed by atoms with Gasteiger partial charge in [-0.2, -0.15) is 0 Å². The predicted molar refractivity (Wildman–Crippen MR) is 76.0 cm³/mol. The van der Waals surface area contributed by atoms with Crippen LogP contribution in [0.2, 0.25) is 0 Å². The molecule has 0 saturated heterocycles. The summed E-state index contributed by atoms with van der Waals surface area (Å²) in [5.74, 6) is 0. The van der Waals surface area contributed by atoms with Gasteiger partial charge < -0.3 is 5.32 Å². The van der Waals surface area contributed by atoms with Gasteiger partial charge in [-0.25, -0.2) is 0 Å². The monoisotopic (exact) mass is 360 g/mol. The van der Waals surface area contributed by atoms with Crippen LogP contribution in [0.1, 0.15) is 10.6 Å². The van der Waals surface area contributed by atoms with Gasteiger partial charge in [0.25, 0.3) is 0 Å². The minimum absolute atomic E-state index is 0.819.